The normalized spacial score (nSPS) is 26.6. The van der Waals surface area contributed by atoms with Gasteiger partial charge in [0.05, 0.1) is 5.57 Å². The number of hydrogen-bond donors (Lipinski definition) is 2. The molecule has 3 N–H and O–H groups in total. The first-order valence-electron chi connectivity index (χ1n) is 13.1. The van der Waals surface area contributed by atoms with Crippen LogP contribution in [-0.2, 0) is 9.59 Å². The SMILES string of the molecule is C=C/C=C(CN(CCC)CCNC=O)\C(=C/C)C(F)(F)F.CC1CC2CC(C1)CC(C)(CC(N)=O)C2. The Balaban J connectivity index is 0.000000377. The molecule has 2 aliphatic carbocycles. The predicted octanol–water partition coefficient (Wildman–Crippen LogP) is 5.78. The third-order valence-corrected chi connectivity index (χ3v) is 7.15. The molecule has 0 heterocycles. The number of amides is 2. The number of rotatable bonds is 12. The number of nitrogens with two attached hydrogens (primary N) is 1. The van der Waals surface area contributed by atoms with E-state index in [9.17, 15) is 22.8 Å². The molecule has 2 atom stereocenters. The average Bonchev–Trinajstić information content (AvgIpc) is 2.72. The zero-order valence-corrected chi connectivity index (χ0v) is 22.5. The molecule has 2 aliphatic rings. The van der Waals surface area contributed by atoms with E-state index in [0.717, 1.165) is 30.3 Å². The van der Waals surface area contributed by atoms with E-state index in [-0.39, 0.29) is 23.4 Å². The fraction of sp³-hybridized carbons (Fsp3) is 0.714. The number of primary amides is 1. The molecule has 0 aromatic heterocycles. The molecular weight excluding hydrogens is 467 g/mol. The highest BCUT2D eigenvalue weighted by Crippen LogP contribution is 2.51. The van der Waals surface area contributed by atoms with Crippen LogP contribution >= 0.6 is 0 Å². The van der Waals surface area contributed by atoms with Gasteiger partial charge in [0.2, 0.25) is 12.3 Å². The molecule has 2 fully saturated rings. The van der Waals surface area contributed by atoms with E-state index in [1.165, 1.54) is 51.2 Å². The van der Waals surface area contributed by atoms with Crippen molar-refractivity contribution < 1.29 is 22.8 Å². The molecule has 2 bridgehead atoms. The number of alkyl halides is 3. The number of allylic oxidation sites excluding steroid dienone is 3. The van der Waals surface area contributed by atoms with Crippen LogP contribution < -0.4 is 11.1 Å². The van der Waals surface area contributed by atoms with Gasteiger partial charge in [-0.05, 0) is 80.7 Å². The van der Waals surface area contributed by atoms with Gasteiger partial charge in [0, 0.05) is 26.1 Å². The van der Waals surface area contributed by atoms with Crippen molar-refractivity contribution in [3.05, 3.63) is 36.0 Å². The lowest BCUT2D eigenvalue weighted by Gasteiger charge is -2.47. The second-order valence-corrected chi connectivity index (χ2v) is 10.9. The summed E-state index contributed by atoms with van der Waals surface area (Å²) in [7, 11) is 0. The Morgan fingerprint density at radius 1 is 1.19 bits per heavy atom. The quantitative estimate of drug-likeness (QED) is 0.197. The molecule has 0 saturated heterocycles. The maximum atomic E-state index is 13.0. The third-order valence-electron chi connectivity index (χ3n) is 7.15. The molecule has 5 nitrogen and oxygen atoms in total. The van der Waals surface area contributed by atoms with Gasteiger partial charge in [-0.15, -0.1) is 0 Å². The van der Waals surface area contributed by atoms with Crippen LogP contribution in [0.15, 0.2) is 36.0 Å². The molecular formula is C28H46F3N3O2. The van der Waals surface area contributed by atoms with E-state index in [4.69, 9.17) is 5.73 Å². The Labute approximate surface area is 215 Å². The molecule has 0 aromatic rings. The maximum absolute atomic E-state index is 13.0. The fourth-order valence-corrected chi connectivity index (χ4v) is 6.28. The molecule has 0 radical (unpaired) electrons. The Bertz CT molecular complexity index is 758. The number of nitrogens with one attached hydrogen (secondary N) is 1. The Morgan fingerprint density at radius 2 is 1.81 bits per heavy atom. The topological polar surface area (TPSA) is 75.4 Å². The van der Waals surface area contributed by atoms with Crippen LogP contribution in [0.4, 0.5) is 13.2 Å². The van der Waals surface area contributed by atoms with Gasteiger partial charge in [0.15, 0.2) is 0 Å². The highest BCUT2D eigenvalue weighted by Gasteiger charge is 2.41. The van der Waals surface area contributed by atoms with Crippen LogP contribution in [0.25, 0.3) is 0 Å². The lowest BCUT2D eigenvalue weighted by Crippen LogP contribution is -2.38. The van der Waals surface area contributed by atoms with Gasteiger partial charge in [-0.3, -0.25) is 14.5 Å². The minimum atomic E-state index is -4.39. The van der Waals surface area contributed by atoms with E-state index >= 15 is 0 Å². The standard InChI is InChI=1S/C15H23F3N2O.C13H23NO/c1-4-7-13(14(6-3)15(16,17)18)11-20(9-5-2)10-8-19-12-21;1-9-3-10-5-11(4-9)7-13(2,6-10)8-12(14)15/h4,6-7,12H,1,5,8-11H2,2-3H3,(H,19,21);9-11H,3-8H2,1-2H3,(H2,14,15)/b13-7-,14-6+;. The summed E-state index contributed by atoms with van der Waals surface area (Å²) in [6, 6.07) is 0. The Hall–Kier alpha value is -2.09. The molecule has 2 saturated carbocycles. The summed E-state index contributed by atoms with van der Waals surface area (Å²) < 4.78 is 39.0. The van der Waals surface area contributed by atoms with Crippen molar-refractivity contribution in [2.75, 3.05) is 26.2 Å². The number of carbonyl (C=O) groups excluding carboxylic acids is 2. The average molecular weight is 514 g/mol. The van der Waals surface area contributed by atoms with Crippen molar-refractivity contribution in [1.29, 1.82) is 0 Å². The first-order chi connectivity index (χ1) is 16.9. The van der Waals surface area contributed by atoms with E-state index in [0.29, 0.717) is 32.5 Å². The molecule has 2 rings (SSSR count). The number of hydrogen-bond acceptors (Lipinski definition) is 3. The lowest BCUT2D eigenvalue weighted by atomic mass is 9.58. The zero-order valence-electron chi connectivity index (χ0n) is 22.5. The minimum absolute atomic E-state index is 0.120. The van der Waals surface area contributed by atoms with Crippen LogP contribution in [0.1, 0.15) is 72.6 Å². The summed E-state index contributed by atoms with van der Waals surface area (Å²) in [6.45, 7) is 13.2. The number of halogens is 3. The molecule has 2 unspecified atom stereocenters. The van der Waals surface area contributed by atoms with Crippen LogP contribution in [0.5, 0.6) is 0 Å². The van der Waals surface area contributed by atoms with Crippen molar-refractivity contribution in [2.24, 2.45) is 28.9 Å². The van der Waals surface area contributed by atoms with Crippen LogP contribution in [0.3, 0.4) is 0 Å². The largest absolute Gasteiger partial charge is 0.416 e. The van der Waals surface area contributed by atoms with Crippen molar-refractivity contribution in [2.45, 2.75) is 78.8 Å². The summed E-state index contributed by atoms with van der Waals surface area (Å²) in [6.07, 6.45) is 8.00. The van der Waals surface area contributed by atoms with Crippen molar-refractivity contribution in [3.8, 4) is 0 Å². The Morgan fingerprint density at radius 3 is 2.25 bits per heavy atom. The second kappa shape index (κ2) is 15.2. The summed E-state index contributed by atoms with van der Waals surface area (Å²) in [5.74, 6) is 2.49. The van der Waals surface area contributed by atoms with E-state index in [1.54, 1.807) is 0 Å². The van der Waals surface area contributed by atoms with Gasteiger partial charge < -0.3 is 11.1 Å². The first-order valence-corrected chi connectivity index (χ1v) is 13.1. The molecule has 8 heteroatoms. The van der Waals surface area contributed by atoms with Gasteiger partial charge in [-0.1, -0.05) is 45.6 Å². The fourth-order valence-electron chi connectivity index (χ4n) is 6.28. The van der Waals surface area contributed by atoms with Crippen LogP contribution in [-0.4, -0.2) is 49.6 Å². The van der Waals surface area contributed by atoms with Gasteiger partial charge in [0.25, 0.3) is 0 Å². The molecule has 0 aliphatic heterocycles. The van der Waals surface area contributed by atoms with E-state index < -0.39 is 11.7 Å². The van der Waals surface area contributed by atoms with Crippen molar-refractivity contribution in [3.63, 3.8) is 0 Å². The van der Waals surface area contributed by atoms with Crippen LogP contribution in [0, 0.1) is 23.2 Å². The summed E-state index contributed by atoms with van der Waals surface area (Å²) >= 11 is 0. The second-order valence-electron chi connectivity index (χ2n) is 10.9. The molecule has 2 amide bonds. The molecule has 0 aromatic carbocycles. The first kappa shape index (κ1) is 31.9. The predicted molar refractivity (Wildman–Crippen MR) is 140 cm³/mol. The lowest BCUT2D eigenvalue weighted by molar-refractivity contribution is -0.121. The highest BCUT2D eigenvalue weighted by molar-refractivity contribution is 5.74. The smallest absolute Gasteiger partial charge is 0.370 e. The molecule has 206 valence electrons. The van der Waals surface area contributed by atoms with Gasteiger partial charge >= 0.3 is 6.18 Å². The summed E-state index contributed by atoms with van der Waals surface area (Å²) in [4.78, 5) is 23.2. The summed E-state index contributed by atoms with van der Waals surface area (Å²) in [5.41, 5.74) is 5.09. The van der Waals surface area contributed by atoms with Gasteiger partial charge in [0.1, 0.15) is 0 Å². The monoisotopic (exact) mass is 513 g/mol. The van der Waals surface area contributed by atoms with E-state index in [1.807, 2.05) is 11.8 Å². The third kappa shape index (κ3) is 11.3. The Kier molecular flexibility index (Phi) is 13.5. The number of carbonyl (C=O) groups is 2. The van der Waals surface area contributed by atoms with Gasteiger partial charge in [-0.2, -0.15) is 13.2 Å². The highest BCUT2D eigenvalue weighted by atomic mass is 19.4. The molecule has 0 spiro atoms. The zero-order chi connectivity index (χ0) is 27.4. The van der Waals surface area contributed by atoms with E-state index in [2.05, 4.69) is 25.7 Å². The van der Waals surface area contributed by atoms with Crippen LogP contribution in [0.2, 0.25) is 0 Å². The number of fused-ring (bicyclic) bond motifs is 2. The summed E-state index contributed by atoms with van der Waals surface area (Å²) in [5, 5.41) is 2.52. The van der Waals surface area contributed by atoms with Crippen molar-refractivity contribution >= 4 is 12.3 Å². The number of nitrogens with zero attached hydrogens (tertiary/aromatic N) is 1. The maximum Gasteiger partial charge on any atom is 0.416 e. The van der Waals surface area contributed by atoms with Gasteiger partial charge in [-0.25, -0.2) is 0 Å². The minimum Gasteiger partial charge on any atom is -0.370 e. The molecule has 36 heavy (non-hydrogen) atoms. The van der Waals surface area contributed by atoms with Crippen molar-refractivity contribution in [1.82, 2.24) is 10.2 Å².